The van der Waals surface area contributed by atoms with Crippen LogP contribution >= 0.6 is 0 Å². The van der Waals surface area contributed by atoms with Crippen LogP contribution in [0.3, 0.4) is 0 Å². The first-order valence-corrected chi connectivity index (χ1v) is 8.93. The van der Waals surface area contributed by atoms with Crippen LogP contribution in [0.2, 0.25) is 0 Å². The Labute approximate surface area is 158 Å². The SMILES string of the molecule is COc1ccnc(NNC(=O)c2ccc(CN3CC(C)OC(C)C3)cc2)n1. The van der Waals surface area contributed by atoms with E-state index in [1.165, 1.54) is 7.11 Å². The van der Waals surface area contributed by atoms with E-state index in [9.17, 15) is 4.79 Å². The van der Waals surface area contributed by atoms with E-state index in [1.54, 1.807) is 12.3 Å². The number of carbonyl (C=O) groups is 1. The molecule has 0 aliphatic carbocycles. The number of rotatable bonds is 6. The highest BCUT2D eigenvalue weighted by Gasteiger charge is 2.22. The van der Waals surface area contributed by atoms with Gasteiger partial charge in [-0.25, -0.2) is 4.98 Å². The second kappa shape index (κ2) is 8.79. The highest BCUT2D eigenvalue weighted by Crippen LogP contribution is 2.15. The zero-order valence-corrected chi connectivity index (χ0v) is 15.8. The minimum atomic E-state index is -0.262. The molecule has 1 aliphatic heterocycles. The highest BCUT2D eigenvalue weighted by atomic mass is 16.5. The number of methoxy groups -OCH3 is 1. The first-order chi connectivity index (χ1) is 13.0. The lowest BCUT2D eigenvalue weighted by Gasteiger charge is -2.35. The summed E-state index contributed by atoms with van der Waals surface area (Å²) < 4.78 is 10.8. The Hall–Kier alpha value is -2.71. The molecule has 2 atom stereocenters. The molecule has 1 aliphatic rings. The van der Waals surface area contributed by atoms with Crippen LogP contribution in [0.5, 0.6) is 5.88 Å². The maximum absolute atomic E-state index is 12.3. The molecule has 1 aromatic heterocycles. The van der Waals surface area contributed by atoms with Crippen molar-refractivity contribution in [2.75, 3.05) is 25.6 Å². The molecule has 144 valence electrons. The van der Waals surface area contributed by atoms with Gasteiger partial charge in [-0.05, 0) is 31.5 Å². The Balaban J connectivity index is 1.54. The Morgan fingerprint density at radius 3 is 2.59 bits per heavy atom. The molecule has 2 unspecified atom stereocenters. The summed E-state index contributed by atoms with van der Waals surface area (Å²) in [4.78, 5) is 22.7. The molecule has 2 aromatic rings. The fourth-order valence-electron chi connectivity index (χ4n) is 3.13. The summed E-state index contributed by atoms with van der Waals surface area (Å²) in [6, 6.07) is 9.20. The molecule has 0 saturated carbocycles. The first-order valence-electron chi connectivity index (χ1n) is 8.93. The molecular weight excluding hydrogens is 346 g/mol. The smallest absolute Gasteiger partial charge is 0.269 e. The van der Waals surface area contributed by atoms with Gasteiger partial charge in [-0.1, -0.05) is 12.1 Å². The molecule has 1 amide bonds. The van der Waals surface area contributed by atoms with Gasteiger partial charge in [0.05, 0.1) is 19.3 Å². The van der Waals surface area contributed by atoms with Crippen LogP contribution in [-0.2, 0) is 11.3 Å². The quantitative estimate of drug-likeness (QED) is 0.749. The number of aromatic nitrogens is 2. The van der Waals surface area contributed by atoms with Gasteiger partial charge in [0, 0.05) is 37.5 Å². The van der Waals surface area contributed by atoms with Gasteiger partial charge < -0.3 is 9.47 Å². The predicted molar refractivity (Wildman–Crippen MR) is 101 cm³/mol. The summed E-state index contributed by atoms with van der Waals surface area (Å²) in [5.74, 6) is 0.411. The van der Waals surface area contributed by atoms with Gasteiger partial charge in [-0.2, -0.15) is 4.98 Å². The number of morpholine rings is 1. The van der Waals surface area contributed by atoms with E-state index < -0.39 is 0 Å². The lowest BCUT2D eigenvalue weighted by molar-refractivity contribution is -0.0704. The number of hydrazine groups is 1. The number of carbonyl (C=O) groups excluding carboxylic acids is 1. The first kappa shape index (κ1) is 19.1. The summed E-state index contributed by atoms with van der Waals surface area (Å²) in [6.07, 6.45) is 2.02. The van der Waals surface area contributed by atoms with Crippen molar-refractivity contribution in [2.45, 2.75) is 32.6 Å². The van der Waals surface area contributed by atoms with Crippen molar-refractivity contribution < 1.29 is 14.3 Å². The standard InChI is InChI=1S/C19H25N5O3/c1-13-10-24(11-14(2)27-13)12-15-4-6-16(7-5-15)18(25)22-23-19-20-9-8-17(21-19)26-3/h4-9,13-14H,10-12H2,1-3H3,(H,22,25)(H,20,21,23). The molecule has 3 rings (SSSR count). The maximum atomic E-state index is 12.3. The molecule has 27 heavy (non-hydrogen) atoms. The van der Waals surface area contributed by atoms with Crippen LogP contribution in [0.25, 0.3) is 0 Å². The average Bonchev–Trinajstić information content (AvgIpc) is 2.66. The Morgan fingerprint density at radius 1 is 1.22 bits per heavy atom. The lowest BCUT2D eigenvalue weighted by Crippen LogP contribution is -2.44. The van der Waals surface area contributed by atoms with Crippen molar-refractivity contribution in [1.82, 2.24) is 20.3 Å². The average molecular weight is 371 g/mol. The van der Waals surface area contributed by atoms with Gasteiger partial charge in [-0.3, -0.25) is 20.5 Å². The molecule has 8 nitrogen and oxygen atoms in total. The van der Waals surface area contributed by atoms with Gasteiger partial charge in [0.15, 0.2) is 0 Å². The number of benzene rings is 1. The summed E-state index contributed by atoms with van der Waals surface area (Å²) in [7, 11) is 1.52. The fourth-order valence-corrected chi connectivity index (χ4v) is 3.13. The fraction of sp³-hybridized carbons (Fsp3) is 0.421. The molecule has 2 N–H and O–H groups in total. The van der Waals surface area contributed by atoms with E-state index in [0.29, 0.717) is 11.4 Å². The van der Waals surface area contributed by atoms with Crippen molar-refractivity contribution in [1.29, 1.82) is 0 Å². The third-order valence-corrected chi connectivity index (χ3v) is 4.24. The van der Waals surface area contributed by atoms with Crippen LogP contribution in [0.1, 0.15) is 29.8 Å². The molecule has 1 saturated heterocycles. The summed E-state index contributed by atoms with van der Waals surface area (Å²) in [5.41, 5.74) is 6.98. The van der Waals surface area contributed by atoms with Gasteiger partial charge in [-0.15, -0.1) is 0 Å². The van der Waals surface area contributed by atoms with E-state index in [-0.39, 0.29) is 24.1 Å². The van der Waals surface area contributed by atoms with Crippen molar-refractivity contribution in [3.05, 3.63) is 47.7 Å². The van der Waals surface area contributed by atoms with Crippen LogP contribution in [-0.4, -0.2) is 53.2 Å². The maximum Gasteiger partial charge on any atom is 0.269 e. The van der Waals surface area contributed by atoms with E-state index in [2.05, 4.69) is 39.6 Å². The largest absolute Gasteiger partial charge is 0.481 e. The Bertz CT molecular complexity index is 758. The Kier molecular flexibility index (Phi) is 6.20. The second-order valence-corrected chi connectivity index (χ2v) is 6.65. The normalized spacial score (nSPS) is 20.1. The van der Waals surface area contributed by atoms with E-state index in [0.717, 1.165) is 25.2 Å². The molecule has 8 heteroatoms. The third-order valence-electron chi connectivity index (χ3n) is 4.24. The molecule has 0 bridgehead atoms. The van der Waals surface area contributed by atoms with Crippen molar-refractivity contribution in [3.63, 3.8) is 0 Å². The zero-order chi connectivity index (χ0) is 19.2. The van der Waals surface area contributed by atoms with E-state index >= 15 is 0 Å². The zero-order valence-electron chi connectivity index (χ0n) is 15.8. The predicted octanol–water partition coefficient (Wildman–Crippen LogP) is 1.85. The van der Waals surface area contributed by atoms with Crippen molar-refractivity contribution >= 4 is 11.9 Å². The highest BCUT2D eigenvalue weighted by molar-refractivity contribution is 5.94. The molecule has 2 heterocycles. The van der Waals surface area contributed by atoms with Crippen LogP contribution in [0.15, 0.2) is 36.5 Å². The van der Waals surface area contributed by atoms with Gasteiger partial charge in [0.1, 0.15) is 0 Å². The third kappa shape index (κ3) is 5.38. The van der Waals surface area contributed by atoms with Gasteiger partial charge >= 0.3 is 0 Å². The topological polar surface area (TPSA) is 88.6 Å². The van der Waals surface area contributed by atoms with Gasteiger partial charge in [0.2, 0.25) is 11.8 Å². The summed E-state index contributed by atoms with van der Waals surface area (Å²) in [6.45, 7) is 6.86. The lowest BCUT2D eigenvalue weighted by atomic mass is 10.1. The van der Waals surface area contributed by atoms with E-state index in [4.69, 9.17) is 9.47 Å². The number of hydrogen-bond donors (Lipinski definition) is 2. The molecule has 0 spiro atoms. The number of nitrogens with one attached hydrogen (secondary N) is 2. The minimum absolute atomic E-state index is 0.240. The van der Waals surface area contributed by atoms with Crippen LogP contribution in [0.4, 0.5) is 5.95 Å². The van der Waals surface area contributed by atoms with Crippen molar-refractivity contribution in [2.24, 2.45) is 0 Å². The minimum Gasteiger partial charge on any atom is -0.481 e. The summed E-state index contributed by atoms with van der Waals surface area (Å²) in [5, 5.41) is 0. The molecule has 1 aromatic carbocycles. The van der Waals surface area contributed by atoms with Crippen molar-refractivity contribution in [3.8, 4) is 5.88 Å². The molecule has 1 fully saturated rings. The van der Waals surface area contributed by atoms with Crippen LogP contribution in [0, 0.1) is 0 Å². The number of amides is 1. The number of ether oxygens (including phenoxy) is 2. The number of nitrogens with zero attached hydrogens (tertiary/aromatic N) is 3. The molecule has 0 radical (unpaired) electrons. The monoisotopic (exact) mass is 371 g/mol. The van der Waals surface area contributed by atoms with Crippen LogP contribution < -0.4 is 15.6 Å². The van der Waals surface area contributed by atoms with E-state index in [1.807, 2.05) is 24.3 Å². The second-order valence-electron chi connectivity index (χ2n) is 6.65. The number of hydrogen-bond acceptors (Lipinski definition) is 7. The summed E-state index contributed by atoms with van der Waals surface area (Å²) >= 11 is 0. The number of anilines is 1. The molecular formula is C19H25N5O3. The van der Waals surface area contributed by atoms with Gasteiger partial charge in [0.25, 0.3) is 5.91 Å². The Morgan fingerprint density at radius 2 is 1.93 bits per heavy atom.